The van der Waals surface area contributed by atoms with Crippen LogP contribution in [0.1, 0.15) is 25.3 Å². The molecule has 0 aromatic heterocycles. The van der Waals surface area contributed by atoms with Gasteiger partial charge in [0.1, 0.15) is 8.04 Å². The molecule has 2 nitrogen and oxygen atoms in total. The highest BCUT2D eigenvalue weighted by Crippen LogP contribution is 2.30. The van der Waals surface area contributed by atoms with Crippen molar-refractivity contribution < 1.29 is 9.53 Å². The van der Waals surface area contributed by atoms with Gasteiger partial charge in [-0.3, -0.25) is 4.79 Å². The lowest BCUT2D eigenvalue weighted by Crippen LogP contribution is -2.28. The predicted octanol–water partition coefficient (Wildman–Crippen LogP) is 3.92. The van der Waals surface area contributed by atoms with E-state index >= 15 is 0 Å². The molecule has 2 atom stereocenters. The second kappa shape index (κ2) is 6.78. The van der Waals surface area contributed by atoms with Gasteiger partial charge in [-0.1, -0.05) is 82.4 Å². The summed E-state index contributed by atoms with van der Waals surface area (Å²) in [7, 11) is 0. The van der Waals surface area contributed by atoms with Crippen molar-refractivity contribution in [1.29, 1.82) is 0 Å². The molecule has 1 aromatic carbocycles. The molecule has 0 radical (unpaired) electrons. The number of hydrogen-bond acceptors (Lipinski definition) is 2. The van der Waals surface area contributed by atoms with Gasteiger partial charge in [0.15, 0.2) is 0 Å². The van der Waals surface area contributed by atoms with Gasteiger partial charge in [-0.15, -0.1) is 0 Å². The van der Waals surface area contributed by atoms with Crippen molar-refractivity contribution in [1.82, 2.24) is 0 Å². The van der Waals surface area contributed by atoms with E-state index in [-0.39, 0.29) is 19.9 Å². The van der Waals surface area contributed by atoms with Crippen molar-refractivity contribution in [2.24, 2.45) is 0 Å². The van der Waals surface area contributed by atoms with Crippen LogP contribution < -0.4 is 0 Å². The number of hydrogen-bond donors (Lipinski definition) is 0. The molecule has 4 heteroatoms. The zero-order valence-corrected chi connectivity index (χ0v) is 13.5. The Morgan fingerprint density at radius 1 is 1.25 bits per heavy atom. The number of esters is 1. The highest BCUT2D eigenvalue weighted by Gasteiger charge is 2.26. The normalized spacial score (nSPS) is 14.6. The van der Waals surface area contributed by atoms with Crippen LogP contribution in [0.5, 0.6) is 0 Å². The van der Waals surface area contributed by atoms with Crippen LogP contribution in [0.2, 0.25) is 0 Å². The van der Waals surface area contributed by atoms with E-state index in [2.05, 4.69) is 64.2 Å². The fraction of sp³-hybridized carbons (Fsp3) is 0.417. The number of ether oxygens (including phenoxy) is 1. The predicted molar refractivity (Wildman–Crippen MR) is 82.2 cm³/mol. The first kappa shape index (κ1) is 14.2. The minimum Gasteiger partial charge on any atom is -0.460 e. The van der Waals surface area contributed by atoms with E-state index in [1.54, 1.807) is 0 Å². The highest BCUT2D eigenvalue weighted by molar-refractivity contribution is 14.2. The topological polar surface area (TPSA) is 26.3 Å². The number of benzene rings is 1. The summed E-state index contributed by atoms with van der Waals surface area (Å²) in [6.07, 6.45) is -0.0823. The molecule has 0 aliphatic carbocycles. The summed E-state index contributed by atoms with van der Waals surface area (Å²) in [5, 5.41) is 0. The first-order valence-electron chi connectivity index (χ1n) is 5.02. The Morgan fingerprint density at radius 3 is 2.25 bits per heavy atom. The zero-order valence-electron chi connectivity index (χ0n) is 9.19. The Balaban J connectivity index is 2.83. The minimum atomic E-state index is -0.217. The fourth-order valence-corrected chi connectivity index (χ4v) is 3.05. The van der Waals surface area contributed by atoms with Crippen LogP contribution in [-0.2, 0) is 9.53 Å². The van der Waals surface area contributed by atoms with Gasteiger partial charge in [0.05, 0.1) is 0 Å². The smallest absolute Gasteiger partial charge is 0.302 e. The van der Waals surface area contributed by atoms with Gasteiger partial charge in [-0.05, 0) is 5.56 Å². The third-order valence-electron chi connectivity index (χ3n) is 2.37. The third-order valence-corrected chi connectivity index (χ3v) is 3.79. The van der Waals surface area contributed by atoms with E-state index in [4.69, 9.17) is 4.74 Å². The molecule has 1 rings (SSSR count). The third kappa shape index (κ3) is 4.20. The van der Waals surface area contributed by atoms with Gasteiger partial charge in [0, 0.05) is 12.8 Å². The standard InChI is InChI=1S/C12H14I2O2/c1-8(10-6-4-3-5-7-10)11(12(13)14)16-9(2)15/h3-8,11-12H,1-2H3. The Bertz CT molecular complexity index is 338. The van der Waals surface area contributed by atoms with E-state index < -0.39 is 0 Å². The average molecular weight is 444 g/mol. The van der Waals surface area contributed by atoms with Crippen molar-refractivity contribution in [3.63, 3.8) is 0 Å². The molecule has 0 fully saturated rings. The number of rotatable bonds is 4. The second-order valence-electron chi connectivity index (χ2n) is 3.61. The SMILES string of the molecule is CC(=O)OC(C(I)I)C(C)c1ccccc1. The molecule has 16 heavy (non-hydrogen) atoms. The number of alkyl halides is 2. The highest BCUT2D eigenvalue weighted by atomic mass is 127. The van der Waals surface area contributed by atoms with Gasteiger partial charge in [-0.25, -0.2) is 0 Å². The lowest BCUT2D eigenvalue weighted by atomic mass is 9.96. The van der Waals surface area contributed by atoms with E-state index in [0.717, 1.165) is 0 Å². The maximum absolute atomic E-state index is 11.1. The summed E-state index contributed by atoms with van der Waals surface area (Å²) >= 11 is 4.58. The molecule has 0 saturated heterocycles. The molecule has 0 N–H and O–H groups in total. The van der Waals surface area contributed by atoms with Crippen molar-refractivity contribution in [3.05, 3.63) is 35.9 Å². The van der Waals surface area contributed by atoms with E-state index in [1.165, 1.54) is 12.5 Å². The molecule has 0 saturated carbocycles. The quantitative estimate of drug-likeness (QED) is 0.400. The Labute approximate surface area is 123 Å². The molecule has 0 spiro atoms. The average Bonchev–Trinajstić information content (AvgIpc) is 2.25. The molecule has 0 aliphatic rings. The summed E-state index contributed by atoms with van der Waals surface area (Å²) in [5.41, 5.74) is 1.20. The molecule has 88 valence electrons. The number of carbonyl (C=O) groups excluding carboxylic acids is 1. The summed E-state index contributed by atoms with van der Waals surface area (Å²) in [4.78, 5) is 11.1. The molecule has 2 unspecified atom stereocenters. The van der Waals surface area contributed by atoms with Crippen LogP contribution in [0.4, 0.5) is 0 Å². The molecule has 1 aromatic rings. The summed E-state index contributed by atoms with van der Waals surface area (Å²) in [5.74, 6) is -0.00462. The van der Waals surface area contributed by atoms with Crippen molar-refractivity contribution in [2.75, 3.05) is 0 Å². The molecular formula is C12H14I2O2. The lowest BCUT2D eigenvalue weighted by Gasteiger charge is -2.25. The van der Waals surface area contributed by atoms with Crippen LogP contribution in [0, 0.1) is 0 Å². The van der Waals surface area contributed by atoms with Crippen LogP contribution in [0.25, 0.3) is 0 Å². The van der Waals surface area contributed by atoms with Crippen LogP contribution >= 0.6 is 45.2 Å². The van der Waals surface area contributed by atoms with Gasteiger partial charge < -0.3 is 4.74 Å². The Kier molecular flexibility index (Phi) is 6.02. The monoisotopic (exact) mass is 444 g/mol. The Morgan fingerprint density at radius 2 is 1.81 bits per heavy atom. The van der Waals surface area contributed by atoms with Crippen LogP contribution in [-0.4, -0.2) is 14.0 Å². The van der Waals surface area contributed by atoms with Crippen LogP contribution in [0.3, 0.4) is 0 Å². The molecule has 0 bridgehead atoms. The minimum absolute atomic E-state index is 0.0823. The van der Waals surface area contributed by atoms with E-state index in [9.17, 15) is 4.79 Å². The summed E-state index contributed by atoms with van der Waals surface area (Å²) in [6, 6.07) is 10.1. The molecule has 0 amide bonds. The first-order valence-corrected chi connectivity index (χ1v) is 7.52. The van der Waals surface area contributed by atoms with E-state index in [0.29, 0.717) is 0 Å². The van der Waals surface area contributed by atoms with Crippen LogP contribution in [0.15, 0.2) is 30.3 Å². The molecule has 0 heterocycles. The number of halogens is 2. The van der Waals surface area contributed by atoms with E-state index in [1.807, 2.05) is 18.2 Å². The first-order chi connectivity index (χ1) is 7.52. The molecular weight excluding hydrogens is 430 g/mol. The lowest BCUT2D eigenvalue weighted by molar-refractivity contribution is -0.146. The van der Waals surface area contributed by atoms with Gasteiger partial charge in [0.2, 0.25) is 0 Å². The maximum Gasteiger partial charge on any atom is 0.302 e. The Hall–Kier alpha value is 0.150. The maximum atomic E-state index is 11.1. The summed E-state index contributed by atoms with van der Waals surface area (Å²) < 4.78 is 5.63. The number of carbonyl (C=O) groups is 1. The van der Waals surface area contributed by atoms with Crippen molar-refractivity contribution >= 4 is 51.2 Å². The second-order valence-corrected chi connectivity index (χ2v) is 8.68. The van der Waals surface area contributed by atoms with Gasteiger partial charge >= 0.3 is 5.97 Å². The van der Waals surface area contributed by atoms with Gasteiger partial charge in [0.25, 0.3) is 0 Å². The largest absolute Gasteiger partial charge is 0.460 e. The van der Waals surface area contributed by atoms with Crippen molar-refractivity contribution in [2.45, 2.75) is 27.8 Å². The fourth-order valence-electron chi connectivity index (χ4n) is 1.51. The molecule has 0 aliphatic heterocycles. The van der Waals surface area contributed by atoms with Crippen molar-refractivity contribution in [3.8, 4) is 0 Å². The van der Waals surface area contributed by atoms with Gasteiger partial charge in [-0.2, -0.15) is 0 Å². The zero-order chi connectivity index (χ0) is 12.1. The summed E-state index contributed by atoms with van der Waals surface area (Å²) in [6.45, 7) is 3.55.